The second-order valence-corrected chi connectivity index (χ2v) is 4.29. The normalized spacial score (nSPS) is 11.5. The fraction of sp³-hybridized carbons (Fsp3) is 0.111. The van der Waals surface area contributed by atoms with Gasteiger partial charge in [0, 0.05) is 0 Å². The third-order valence-corrected chi connectivity index (χ3v) is 2.58. The summed E-state index contributed by atoms with van der Waals surface area (Å²) in [6.07, 6.45) is 1.46. The summed E-state index contributed by atoms with van der Waals surface area (Å²) in [5, 5.41) is 0. The predicted molar refractivity (Wildman–Crippen MR) is 62.5 cm³/mol. The quantitative estimate of drug-likeness (QED) is 0.634. The van der Waals surface area contributed by atoms with Crippen LogP contribution in [0.25, 0.3) is 6.08 Å². The van der Waals surface area contributed by atoms with Gasteiger partial charge < -0.3 is 4.18 Å². The van der Waals surface area contributed by atoms with Crippen molar-refractivity contribution in [2.45, 2.75) is 5.51 Å². The topological polar surface area (TPSA) is 43.4 Å². The van der Waals surface area contributed by atoms with Gasteiger partial charge in [0.05, 0.1) is 0 Å². The van der Waals surface area contributed by atoms with Gasteiger partial charge in [-0.15, -0.1) is 0 Å². The van der Waals surface area contributed by atoms with Gasteiger partial charge in [0.2, 0.25) is 0 Å². The fourth-order valence-corrected chi connectivity index (χ4v) is 1.29. The third kappa shape index (κ3) is 3.97. The number of hydrogen-bond acceptors (Lipinski definition) is 3. The molecule has 0 aromatic heterocycles. The van der Waals surface area contributed by atoms with Crippen LogP contribution in [0.1, 0.15) is 5.56 Å². The van der Waals surface area contributed by atoms with E-state index in [-0.39, 0.29) is 13.5 Å². The SMILES string of the molecule is C=Cc1ccc(OS(=O)(=O)C(F)(F)F)cc1.S. The Morgan fingerprint density at radius 2 is 1.65 bits per heavy atom. The van der Waals surface area contributed by atoms with Crippen LogP contribution in [0, 0.1) is 0 Å². The van der Waals surface area contributed by atoms with Crippen molar-refractivity contribution in [1.82, 2.24) is 0 Å². The van der Waals surface area contributed by atoms with Gasteiger partial charge >= 0.3 is 15.6 Å². The van der Waals surface area contributed by atoms with Crippen LogP contribution >= 0.6 is 13.5 Å². The molecular weight excluding hydrogens is 277 g/mol. The lowest BCUT2D eigenvalue weighted by atomic mass is 10.2. The van der Waals surface area contributed by atoms with Crippen molar-refractivity contribution >= 4 is 29.7 Å². The summed E-state index contributed by atoms with van der Waals surface area (Å²) in [5.41, 5.74) is -4.79. The minimum Gasteiger partial charge on any atom is -0.376 e. The zero-order chi connectivity index (χ0) is 12.4. The Bertz CT molecular complexity index is 477. The molecule has 96 valence electrons. The molecule has 0 aliphatic heterocycles. The maximum atomic E-state index is 11.9. The van der Waals surface area contributed by atoms with E-state index in [0.29, 0.717) is 5.56 Å². The molecule has 0 fully saturated rings. The van der Waals surface area contributed by atoms with Crippen molar-refractivity contribution in [2.75, 3.05) is 0 Å². The maximum absolute atomic E-state index is 11.9. The summed E-state index contributed by atoms with van der Waals surface area (Å²) >= 11 is 0. The van der Waals surface area contributed by atoms with Crippen LogP contribution in [-0.4, -0.2) is 13.9 Å². The molecule has 8 heteroatoms. The molecule has 0 aliphatic rings. The number of benzene rings is 1. The van der Waals surface area contributed by atoms with Gasteiger partial charge in [0.15, 0.2) is 0 Å². The number of halogens is 3. The smallest absolute Gasteiger partial charge is 0.376 e. The molecule has 0 saturated heterocycles. The Kier molecular flexibility index (Phi) is 5.09. The van der Waals surface area contributed by atoms with Gasteiger partial charge in [0.25, 0.3) is 0 Å². The van der Waals surface area contributed by atoms with Crippen molar-refractivity contribution in [3.63, 3.8) is 0 Å². The average Bonchev–Trinajstić information content (AvgIpc) is 2.16. The first-order valence-corrected chi connectivity index (χ1v) is 5.40. The van der Waals surface area contributed by atoms with Crippen molar-refractivity contribution in [3.8, 4) is 5.75 Å². The second-order valence-electron chi connectivity index (χ2n) is 2.76. The predicted octanol–water partition coefficient (Wildman–Crippen LogP) is 2.67. The zero-order valence-corrected chi connectivity index (χ0v) is 10.2. The zero-order valence-electron chi connectivity index (χ0n) is 8.36. The standard InChI is InChI=1S/C9H7F3O3S.H2S/c1-2-7-3-5-8(6-4-7)15-16(13,14)9(10,11)12;/h2-6H,1H2;1H2. The van der Waals surface area contributed by atoms with E-state index in [0.717, 1.165) is 12.1 Å². The summed E-state index contributed by atoms with van der Waals surface area (Å²) < 4.78 is 60.9. The van der Waals surface area contributed by atoms with E-state index in [2.05, 4.69) is 10.8 Å². The minimum atomic E-state index is -5.60. The first-order chi connectivity index (χ1) is 7.26. The molecule has 0 N–H and O–H groups in total. The van der Waals surface area contributed by atoms with E-state index in [9.17, 15) is 21.6 Å². The van der Waals surface area contributed by atoms with E-state index in [1.807, 2.05) is 0 Å². The molecule has 1 aromatic carbocycles. The van der Waals surface area contributed by atoms with Gasteiger partial charge in [-0.1, -0.05) is 24.8 Å². The van der Waals surface area contributed by atoms with Gasteiger partial charge in [0.1, 0.15) is 5.75 Å². The molecule has 0 radical (unpaired) electrons. The molecule has 0 unspecified atom stereocenters. The highest BCUT2D eigenvalue weighted by atomic mass is 32.2. The molecule has 0 bridgehead atoms. The fourth-order valence-electron chi connectivity index (χ4n) is 0.833. The van der Waals surface area contributed by atoms with Crippen LogP contribution in [-0.2, 0) is 10.1 Å². The highest BCUT2D eigenvalue weighted by Gasteiger charge is 2.48. The van der Waals surface area contributed by atoms with E-state index in [1.54, 1.807) is 0 Å². The Balaban J connectivity index is 0.00000256. The highest BCUT2D eigenvalue weighted by Crippen LogP contribution is 2.26. The lowest BCUT2D eigenvalue weighted by Crippen LogP contribution is -2.28. The second kappa shape index (κ2) is 5.46. The molecule has 1 rings (SSSR count). The van der Waals surface area contributed by atoms with E-state index in [1.165, 1.54) is 18.2 Å². The molecule has 0 atom stereocenters. The molecule has 0 heterocycles. The van der Waals surface area contributed by atoms with Crippen LogP contribution in [0.15, 0.2) is 30.8 Å². The lowest BCUT2D eigenvalue weighted by Gasteiger charge is -2.09. The van der Waals surface area contributed by atoms with Crippen molar-refractivity contribution < 1.29 is 25.8 Å². The van der Waals surface area contributed by atoms with Gasteiger partial charge in [-0.2, -0.15) is 35.1 Å². The van der Waals surface area contributed by atoms with Gasteiger partial charge in [-0.3, -0.25) is 0 Å². The lowest BCUT2D eigenvalue weighted by molar-refractivity contribution is -0.0500. The Morgan fingerprint density at radius 3 is 2.00 bits per heavy atom. The summed E-state index contributed by atoms with van der Waals surface area (Å²) in [4.78, 5) is 0. The van der Waals surface area contributed by atoms with Crippen LogP contribution < -0.4 is 4.18 Å². The molecular formula is C9H9F3O3S2. The number of hydrogen-bond donors (Lipinski definition) is 0. The summed E-state index contributed by atoms with van der Waals surface area (Å²) in [7, 11) is -5.60. The molecule has 17 heavy (non-hydrogen) atoms. The summed E-state index contributed by atoms with van der Waals surface area (Å²) in [6, 6.07) is 4.99. The Morgan fingerprint density at radius 1 is 1.18 bits per heavy atom. The average molecular weight is 286 g/mol. The molecule has 0 spiro atoms. The van der Waals surface area contributed by atoms with Gasteiger partial charge in [-0.05, 0) is 17.7 Å². The number of rotatable bonds is 3. The first-order valence-electron chi connectivity index (χ1n) is 3.99. The van der Waals surface area contributed by atoms with Crippen molar-refractivity contribution in [2.24, 2.45) is 0 Å². The number of alkyl halides is 3. The maximum Gasteiger partial charge on any atom is 0.534 e. The summed E-state index contributed by atoms with van der Waals surface area (Å²) in [5.74, 6) is -0.400. The molecule has 0 amide bonds. The Labute approximate surface area is 103 Å². The van der Waals surface area contributed by atoms with Crippen LogP contribution in [0.4, 0.5) is 13.2 Å². The third-order valence-electron chi connectivity index (χ3n) is 1.61. The first kappa shape index (κ1) is 15.9. The monoisotopic (exact) mass is 286 g/mol. The van der Waals surface area contributed by atoms with Crippen molar-refractivity contribution in [1.29, 1.82) is 0 Å². The van der Waals surface area contributed by atoms with Crippen molar-refractivity contribution in [3.05, 3.63) is 36.4 Å². The Hall–Kier alpha value is -1.15. The summed E-state index contributed by atoms with van der Waals surface area (Å²) in [6.45, 7) is 3.44. The molecule has 0 saturated carbocycles. The van der Waals surface area contributed by atoms with E-state index >= 15 is 0 Å². The van der Waals surface area contributed by atoms with E-state index in [4.69, 9.17) is 0 Å². The molecule has 1 aromatic rings. The molecule has 0 aliphatic carbocycles. The van der Waals surface area contributed by atoms with Gasteiger partial charge in [-0.25, -0.2) is 0 Å². The minimum absolute atomic E-state index is 0. The van der Waals surface area contributed by atoms with E-state index < -0.39 is 21.4 Å². The van der Waals surface area contributed by atoms with Crippen LogP contribution in [0.5, 0.6) is 5.75 Å². The van der Waals surface area contributed by atoms with Crippen LogP contribution in [0.3, 0.4) is 0 Å². The van der Waals surface area contributed by atoms with Crippen LogP contribution in [0.2, 0.25) is 0 Å². The largest absolute Gasteiger partial charge is 0.534 e. The molecule has 3 nitrogen and oxygen atoms in total. The highest BCUT2D eigenvalue weighted by molar-refractivity contribution is 7.88.